The van der Waals surface area contributed by atoms with Crippen molar-refractivity contribution in [2.24, 2.45) is 5.92 Å². The lowest BCUT2D eigenvalue weighted by Crippen LogP contribution is -2.33. The number of halogens is 1. The number of fused-ring (bicyclic) bond motifs is 1. The number of hydrogen-bond donors (Lipinski definition) is 0. The zero-order chi connectivity index (χ0) is 14.8. The molecule has 21 heavy (non-hydrogen) atoms. The maximum absolute atomic E-state index is 11.7. The SMILES string of the molecule is O=CC1CCN(Cc2cc(=O)oc3cc(Br)ccc23)CC1. The molecule has 0 radical (unpaired) electrons. The summed E-state index contributed by atoms with van der Waals surface area (Å²) in [5, 5.41) is 0.968. The van der Waals surface area contributed by atoms with Gasteiger partial charge in [0.25, 0.3) is 0 Å². The van der Waals surface area contributed by atoms with Gasteiger partial charge in [0.1, 0.15) is 11.9 Å². The molecule has 0 spiro atoms. The van der Waals surface area contributed by atoms with E-state index in [0.29, 0.717) is 5.58 Å². The van der Waals surface area contributed by atoms with E-state index in [1.165, 1.54) is 0 Å². The molecule has 3 rings (SSSR count). The molecular formula is C16H16BrNO3. The highest BCUT2D eigenvalue weighted by molar-refractivity contribution is 9.10. The summed E-state index contributed by atoms with van der Waals surface area (Å²) in [6.45, 7) is 2.50. The highest BCUT2D eigenvalue weighted by atomic mass is 79.9. The molecule has 110 valence electrons. The van der Waals surface area contributed by atoms with Crippen LogP contribution < -0.4 is 5.63 Å². The van der Waals surface area contributed by atoms with Crippen molar-refractivity contribution in [1.29, 1.82) is 0 Å². The first kappa shape index (κ1) is 14.5. The van der Waals surface area contributed by atoms with Gasteiger partial charge in [-0.25, -0.2) is 4.79 Å². The van der Waals surface area contributed by atoms with Crippen molar-refractivity contribution in [2.75, 3.05) is 13.1 Å². The lowest BCUT2D eigenvalue weighted by Gasteiger charge is -2.29. The minimum atomic E-state index is -0.321. The third-order valence-corrected chi connectivity index (χ3v) is 4.50. The average molecular weight is 350 g/mol. The molecule has 1 aromatic heterocycles. The van der Waals surface area contributed by atoms with Crippen LogP contribution in [0.25, 0.3) is 11.0 Å². The predicted octanol–water partition coefficient (Wildman–Crippen LogP) is 2.97. The number of hydrogen-bond acceptors (Lipinski definition) is 4. The van der Waals surface area contributed by atoms with Crippen LogP contribution in [0.1, 0.15) is 18.4 Å². The van der Waals surface area contributed by atoms with E-state index in [9.17, 15) is 9.59 Å². The van der Waals surface area contributed by atoms with Gasteiger partial charge >= 0.3 is 5.63 Å². The largest absolute Gasteiger partial charge is 0.423 e. The fourth-order valence-corrected chi connectivity index (χ4v) is 3.16. The van der Waals surface area contributed by atoms with Gasteiger partial charge in [0, 0.05) is 28.4 Å². The molecule has 0 aliphatic carbocycles. The topological polar surface area (TPSA) is 50.5 Å². The van der Waals surface area contributed by atoms with E-state index in [1.807, 2.05) is 18.2 Å². The molecule has 4 nitrogen and oxygen atoms in total. The van der Waals surface area contributed by atoms with Gasteiger partial charge in [-0.2, -0.15) is 0 Å². The van der Waals surface area contributed by atoms with E-state index in [0.717, 1.165) is 54.2 Å². The van der Waals surface area contributed by atoms with E-state index in [1.54, 1.807) is 6.07 Å². The van der Waals surface area contributed by atoms with Crippen LogP contribution in [0, 0.1) is 5.92 Å². The summed E-state index contributed by atoms with van der Waals surface area (Å²) >= 11 is 3.39. The second-order valence-electron chi connectivity index (χ2n) is 5.48. The highest BCUT2D eigenvalue weighted by Crippen LogP contribution is 2.24. The van der Waals surface area contributed by atoms with Crippen LogP contribution in [0.5, 0.6) is 0 Å². The third kappa shape index (κ3) is 3.24. The lowest BCUT2D eigenvalue weighted by atomic mass is 9.98. The summed E-state index contributed by atoms with van der Waals surface area (Å²) in [6.07, 6.45) is 2.85. The molecule has 1 aliphatic heterocycles. The standard InChI is InChI=1S/C16H16BrNO3/c17-13-1-2-14-12(7-16(20)21-15(14)8-13)9-18-5-3-11(10-19)4-6-18/h1-2,7-8,10-11H,3-6,9H2. The van der Waals surface area contributed by atoms with Crippen molar-refractivity contribution in [1.82, 2.24) is 4.90 Å². The third-order valence-electron chi connectivity index (χ3n) is 4.01. The Morgan fingerprint density at radius 2 is 2.05 bits per heavy atom. The molecule has 1 aromatic carbocycles. The zero-order valence-corrected chi connectivity index (χ0v) is 13.1. The van der Waals surface area contributed by atoms with Gasteiger partial charge in [0.2, 0.25) is 0 Å². The first-order valence-corrected chi connectivity index (χ1v) is 7.85. The quantitative estimate of drug-likeness (QED) is 0.631. The second-order valence-corrected chi connectivity index (χ2v) is 6.40. The molecule has 0 unspecified atom stereocenters. The second kappa shape index (κ2) is 6.12. The summed E-state index contributed by atoms with van der Waals surface area (Å²) in [7, 11) is 0. The van der Waals surface area contributed by atoms with Crippen molar-refractivity contribution in [2.45, 2.75) is 19.4 Å². The Hall–Kier alpha value is -1.46. The molecular weight excluding hydrogens is 334 g/mol. The maximum Gasteiger partial charge on any atom is 0.336 e. The van der Waals surface area contributed by atoms with Crippen molar-refractivity contribution < 1.29 is 9.21 Å². The first-order valence-electron chi connectivity index (χ1n) is 7.05. The Labute approximate surface area is 130 Å². The molecule has 0 N–H and O–H groups in total. The fourth-order valence-electron chi connectivity index (χ4n) is 2.82. The van der Waals surface area contributed by atoms with Crippen LogP contribution in [0.15, 0.2) is 37.9 Å². The maximum atomic E-state index is 11.7. The number of piperidine rings is 1. The van der Waals surface area contributed by atoms with Gasteiger partial charge in [0.05, 0.1) is 0 Å². The van der Waals surface area contributed by atoms with Crippen LogP contribution in [-0.4, -0.2) is 24.3 Å². The van der Waals surface area contributed by atoms with Crippen LogP contribution in [-0.2, 0) is 11.3 Å². The molecule has 0 saturated carbocycles. The van der Waals surface area contributed by atoms with Crippen molar-refractivity contribution in [3.8, 4) is 0 Å². The smallest absolute Gasteiger partial charge is 0.336 e. The van der Waals surface area contributed by atoms with Crippen molar-refractivity contribution in [3.05, 3.63) is 44.7 Å². The molecule has 1 fully saturated rings. The highest BCUT2D eigenvalue weighted by Gasteiger charge is 2.19. The van der Waals surface area contributed by atoms with Crippen LogP contribution in [0.3, 0.4) is 0 Å². The average Bonchev–Trinajstić information content (AvgIpc) is 2.47. The minimum Gasteiger partial charge on any atom is -0.423 e. The number of rotatable bonds is 3. The normalized spacial score (nSPS) is 17.2. The zero-order valence-electron chi connectivity index (χ0n) is 11.5. The summed E-state index contributed by atoms with van der Waals surface area (Å²) in [5.41, 5.74) is 1.27. The van der Waals surface area contributed by atoms with Crippen molar-refractivity contribution in [3.63, 3.8) is 0 Å². The number of nitrogens with zero attached hydrogens (tertiary/aromatic N) is 1. The summed E-state index contributed by atoms with van der Waals surface area (Å²) in [6, 6.07) is 7.31. The van der Waals surface area contributed by atoms with Gasteiger partial charge in [-0.15, -0.1) is 0 Å². The van der Waals surface area contributed by atoms with E-state index < -0.39 is 0 Å². The van der Waals surface area contributed by atoms with E-state index in [2.05, 4.69) is 20.8 Å². The number of aldehydes is 1. The molecule has 0 bridgehead atoms. The minimum absolute atomic E-state index is 0.190. The van der Waals surface area contributed by atoms with Gasteiger partial charge in [-0.05, 0) is 49.7 Å². The Morgan fingerprint density at radius 1 is 1.29 bits per heavy atom. The Morgan fingerprint density at radius 3 is 2.76 bits per heavy atom. The van der Waals surface area contributed by atoms with Gasteiger partial charge in [-0.3, -0.25) is 4.90 Å². The number of benzene rings is 1. The van der Waals surface area contributed by atoms with E-state index in [4.69, 9.17) is 4.42 Å². The van der Waals surface area contributed by atoms with Gasteiger partial charge in [0.15, 0.2) is 0 Å². The number of carbonyl (C=O) groups is 1. The number of likely N-dealkylation sites (tertiary alicyclic amines) is 1. The molecule has 2 aromatic rings. The Balaban J connectivity index is 1.87. The Bertz CT molecular complexity index is 717. The lowest BCUT2D eigenvalue weighted by molar-refractivity contribution is -0.112. The molecule has 5 heteroatoms. The monoisotopic (exact) mass is 349 g/mol. The van der Waals surface area contributed by atoms with Crippen molar-refractivity contribution >= 4 is 33.2 Å². The Kier molecular flexibility index (Phi) is 4.22. The van der Waals surface area contributed by atoms with E-state index >= 15 is 0 Å². The fraction of sp³-hybridized carbons (Fsp3) is 0.375. The molecule has 0 atom stereocenters. The van der Waals surface area contributed by atoms with Gasteiger partial charge in [-0.1, -0.05) is 15.9 Å². The summed E-state index contributed by atoms with van der Waals surface area (Å²) in [5.74, 6) is 0.190. The summed E-state index contributed by atoms with van der Waals surface area (Å²) in [4.78, 5) is 24.8. The van der Waals surface area contributed by atoms with E-state index in [-0.39, 0.29) is 11.5 Å². The molecule has 1 aliphatic rings. The molecule has 1 saturated heterocycles. The van der Waals surface area contributed by atoms with Crippen LogP contribution >= 0.6 is 15.9 Å². The van der Waals surface area contributed by atoms with Gasteiger partial charge < -0.3 is 9.21 Å². The van der Waals surface area contributed by atoms with Crippen LogP contribution in [0.4, 0.5) is 0 Å². The first-order chi connectivity index (χ1) is 10.2. The predicted molar refractivity (Wildman–Crippen MR) is 84.2 cm³/mol. The van der Waals surface area contributed by atoms with Crippen LogP contribution in [0.2, 0.25) is 0 Å². The molecule has 0 amide bonds. The molecule has 2 heterocycles. The number of carbonyl (C=O) groups excluding carboxylic acids is 1. The summed E-state index contributed by atoms with van der Waals surface area (Å²) < 4.78 is 6.15.